The monoisotopic (exact) mass is 814 g/mol. The van der Waals surface area contributed by atoms with Gasteiger partial charge in [-0.2, -0.15) is 5.26 Å². The van der Waals surface area contributed by atoms with Crippen LogP contribution in [0.15, 0.2) is 0 Å². The fourth-order valence-corrected chi connectivity index (χ4v) is 10.1. The number of carbonyl (C=O) groups excluding carboxylic acids is 5. The first-order valence-electron chi connectivity index (χ1n) is 21.1. The lowest BCUT2D eigenvalue weighted by molar-refractivity contribution is -0.184. The quantitative estimate of drug-likeness (QED) is 0.188. The Hall–Kier alpha value is -3.96. The van der Waals surface area contributed by atoms with Crippen LogP contribution in [0.25, 0.3) is 0 Å². The maximum absolute atomic E-state index is 11.2. The molecule has 4 aliphatic carbocycles. The molecule has 6 saturated heterocycles. The van der Waals surface area contributed by atoms with Gasteiger partial charge in [-0.3, -0.25) is 9.69 Å². The van der Waals surface area contributed by atoms with Gasteiger partial charge in [0.2, 0.25) is 0 Å². The fourth-order valence-electron chi connectivity index (χ4n) is 10.1. The molecular weight excluding hydrogens is 752 g/mol. The van der Waals surface area contributed by atoms with Crippen LogP contribution in [0.2, 0.25) is 0 Å². The predicted octanol–water partition coefficient (Wildman–Crippen LogP) is 1.33. The number of ether oxygens (including phenoxy) is 4. The molecule has 6 aliphatic heterocycles. The van der Waals surface area contributed by atoms with Gasteiger partial charge in [0.05, 0.1) is 54.7 Å². The van der Waals surface area contributed by atoms with Gasteiger partial charge in [-0.25, -0.2) is 19.2 Å². The lowest BCUT2D eigenvalue weighted by Crippen LogP contribution is -2.54. The summed E-state index contributed by atoms with van der Waals surface area (Å²) in [5.74, 6) is -0.348. The third-order valence-corrected chi connectivity index (χ3v) is 14.3. The van der Waals surface area contributed by atoms with E-state index in [1.807, 2.05) is 19.0 Å². The average molecular weight is 815 g/mol. The second-order valence-corrected chi connectivity index (χ2v) is 18.1. The number of nitrogens with zero attached hydrogens (tertiary/aromatic N) is 2. The van der Waals surface area contributed by atoms with E-state index in [1.54, 1.807) is 0 Å². The summed E-state index contributed by atoms with van der Waals surface area (Å²) in [6, 6.07) is 2.17. The zero-order valence-electron chi connectivity index (χ0n) is 34.0. The Kier molecular flexibility index (Phi) is 12.1. The normalized spacial score (nSPS) is 31.0. The van der Waals surface area contributed by atoms with E-state index in [-0.39, 0.29) is 63.4 Å². The summed E-state index contributed by atoms with van der Waals surface area (Å²) in [7, 11) is 3.90. The van der Waals surface area contributed by atoms with Crippen LogP contribution in [-0.2, 0) is 23.7 Å². The molecule has 0 aromatic heterocycles. The van der Waals surface area contributed by atoms with Crippen molar-refractivity contribution in [2.24, 2.45) is 0 Å². The third kappa shape index (κ3) is 9.25. The summed E-state index contributed by atoms with van der Waals surface area (Å²) in [5.41, 5.74) is -0.647. The molecule has 0 aromatic rings. The first-order chi connectivity index (χ1) is 27.7. The van der Waals surface area contributed by atoms with E-state index in [0.29, 0.717) is 58.1 Å². The van der Waals surface area contributed by atoms with Crippen molar-refractivity contribution in [2.75, 3.05) is 66.7 Å². The number of nitrogens with one attached hydrogen (secondary N) is 8. The molecule has 58 heavy (non-hydrogen) atoms. The minimum absolute atomic E-state index is 0.0424. The average Bonchev–Trinajstić information content (AvgIpc) is 4.09. The molecule has 322 valence electrons. The Bertz CT molecular complexity index is 1530. The molecule has 0 radical (unpaired) electrons. The zero-order chi connectivity index (χ0) is 41.1. The second kappa shape index (κ2) is 16.6. The summed E-state index contributed by atoms with van der Waals surface area (Å²) in [4.78, 5) is 57.3. The topological polar surface area (TPSA) is 246 Å². The van der Waals surface area contributed by atoms with Gasteiger partial charge in [0.1, 0.15) is 11.3 Å². The van der Waals surface area contributed by atoms with Crippen molar-refractivity contribution < 1.29 is 42.9 Å². The van der Waals surface area contributed by atoms with Gasteiger partial charge < -0.3 is 61.5 Å². The van der Waals surface area contributed by atoms with Crippen LogP contribution < -0.4 is 42.5 Å². The smallest absolute Gasteiger partial charge is 0.315 e. The number of nitriles is 1. The predicted molar refractivity (Wildman–Crippen MR) is 207 cm³/mol. The van der Waals surface area contributed by atoms with Gasteiger partial charge in [0, 0.05) is 64.7 Å². The van der Waals surface area contributed by atoms with E-state index >= 15 is 0 Å². The van der Waals surface area contributed by atoms with Crippen molar-refractivity contribution in [3.05, 3.63) is 0 Å². The van der Waals surface area contributed by atoms with Crippen LogP contribution in [-0.4, -0.2) is 141 Å². The number of Topliss-reactive ketones (excluding diaryl/α,β-unsaturated/α-hetero) is 1. The molecule has 8 amide bonds. The molecule has 8 N–H and O–H groups in total. The molecule has 0 atom stereocenters. The minimum Gasteiger partial charge on any atom is -0.348 e. The van der Waals surface area contributed by atoms with E-state index in [4.69, 9.17) is 18.9 Å². The molecule has 19 nitrogen and oxygen atoms in total. The highest BCUT2D eigenvalue weighted by Gasteiger charge is 2.51. The number of rotatable bonds is 1. The second-order valence-electron chi connectivity index (χ2n) is 18.1. The molecule has 0 unspecified atom stereocenters. The number of ketones is 1. The van der Waals surface area contributed by atoms with E-state index in [2.05, 4.69) is 48.6 Å². The van der Waals surface area contributed by atoms with Crippen molar-refractivity contribution in [1.82, 2.24) is 47.4 Å². The molecular formula is C39H62N10O9. The van der Waals surface area contributed by atoms with Gasteiger partial charge in [-0.1, -0.05) is 0 Å². The summed E-state index contributed by atoms with van der Waals surface area (Å²) in [5, 5.41) is 32.4. The number of urea groups is 4. The van der Waals surface area contributed by atoms with Crippen LogP contribution in [0.3, 0.4) is 0 Å². The maximum Gasteiger partial charge on any atom is 0.315 e. The first kappa shape index (κ1) is 42.2. The van der Waals surface area contributed by atoms with Crippen molar-refractivity contribution in [3.8, 4) is 6.07 Å². The SMILES string of the molecule is CN(C)C1(C#N)CCC2(CC1)CNC(=O)N2.O=C1CCC2(CC1)CNC(=O)N2.O=C1NCC2(CCC3(CC2)OCCO3)N1.O=C1NCC2(CCC3(CC2)OCCO3)N1. The molecule has 19 heteroatoms. The van der Waals surface area contributed by atoms with E-state index in [1.165, 1.54) is 0 Å². The number of amides is 8. The van der Waals surface area contributed by atoms with E-state index < -0.39 is 0 Å². The lowest BCUT2D eigenvalue weighted by atomic mass is 9.72. The van der Waals surface area contributed by atoms with Crippen molar-refractivity contribution in [3.63, 3.8) is 0 Å². The van der Waals surface area contributed by atoms with Crippen LogP contribution in [0.5, 0.6) is 0 Å². The number of carbonyl (C=O) groups is 5. The van der Waals surface area contributed by atoms with Gasteiger partial charge >= 0.3 is 24.1 Å². The van der Waals surface area contributed by atoms with Crippen molar-refractivity contribution in [2.45, 2.75) is 142 Å². The molecule has 6 spiro atoms. The van der Waals surface area contributed by atoms with Gasteiger partial charge in [-0.05, 0) is 78.3 Å². The number of hydrogen-bond acceptors (Lipinski definition) is 11. The molecule has 10 aliphatic rings. The Morgan fingerprint density at radius 3 is 1.02 bits per heavy atom. The lowest BCUT2D eigenvalue weighted by Gasteiger charge is -2.43. The Labute approximate surface area is 339 Å². The van der Waals surface area contributed by atoms with Crippen LogP contribution >= 0.6 is 0 Å². The Balaban J connectivity index is 0.000000118. The Morgan fingerprint density at radius 1 is 0.466 bits per heavy atom. The van der Waals surface area contributed by atoms with E-state index in [0.717, 1.165) is 103 Å². The minimum atomic E-state index is -0.349. The molecule has 10 rings (SSSR count). The maximum atomic E-state index is 11.2. The van der Waals surface area contributed by atoms with Crippen LogP contribution in [0, 0.1) is 11.3 Å². The highest BCUT2D eigenvalue weighted by molar-refractivity contribution is 5.82. The summed E-state index contributed by atoms with van der Waals surface area (Å²) < 4.78 is 22.6. The largest absolute Gasteiger partial charge is 0.348 e. The third-order valence-electron chi connectivity index (χ3n) is 14.3. The van der Waals surface area contributed by atoms with E-state index in [9.17, 15) is 29.2 Å². The van der Waals surface area contributed by atoms with Crippen molar-refractivity contribution >= 4 is 29.9 Å². The highest BCUT2D eigenvalue weighted by Crippen LogP contribution is 2.42. The standard InChI is InChI=1S/C11H18N4O.2C10H16N2O3.C8H12N2O2/c1-15(2)11(7-12)5-3-10(4-6-11)8-13-9(16)14-10;2*13-8-11-7-9(12-8)1-3-10(4-2-9)14-5-6-15-10;11-6-1-3-8(4-2-6)5-9-7(12)10-8/h3-6,8H2,1-2H3,(H2,13,14,16);2*1-7H2,(H2,11,12,13);1-5H2,(H2,9,10,12). The number of hydrogen-bond donors (Lipinski definition) is 8. The van der Waals surface area contributed by atoms with Crippen molar-refractivity contribution in [1.29, 1.82) is 5.26 Å². The Morgan fingerprint density at radius 2 is 0.759 bits per heavy atom. The van der Waals surface area contributed by atoms with Gasteiger partial charge in [0.15, 0.2) is 11.6 Å². The molecule has 0 bridgehead atoms. The van der Waals surface area contributed by atoms with Gasteiger partial charge in [0.25, 0.3) is 0 Å². The van der Waals surface area contributed by atoms with Gasteiger partial charge in [-0.15, -0.1) is 0 Å². The fraction of sp³-hybridized carbons (Fsp3) is 0.846. The molecule has 6 heterocycles. The highest BCUT2D eigenvalue weighted by atomic mass is 16.7. The zero-order valence-corrected chi connectivity index (χ0v) is 34.0. The van der Waals surface area contributed by atoms with Crippen LogP contribution in [0.4, 0.5) is 19.2 Å². The molecule has 10 fully saturated rings. The summed E-state index contributed by atoms with van der Waals surface area (Å²) in [6.45, 7) is 5.67. The first-order valence-corrected chi connectivity index (χ1v) is 21.1. The summed E-state index contributed by atoms with van der Waals surface area (Å²) in [6.07, 6.45) is 13.5. The summed E-state index contributed by atoms with van der Waals surface area (Å²) >= 11 is 0. The molecule has 4 saturated carbocycles. The molecule has 0 aromatic carbocycles. The van der Waals surface area contributed by atoms with Crippen LogP contribution in [0.1, 0.15) is 103 Å².